The van der Waals surface area contributed by atoms with Gasteiger partial charge >= 0.3 is 0 Å². The van der Waals surface area contributed by atoms with E-state index in [1.54, 1.807) is 0 Å². The van der Waals surface area contributed by atoms with Crippen molar-refractivity contribution in [3.05, 3.63) is 490 Å². The first-order chi connectivity index (χ1) is 64.3. The molecular weight excluding hydrogens is 1560 g/mol. The molecule has 0 atom stereocenters. The lowest BCUT2D eigenvalue weighted by molar-refractivity contribution is 0.569. The van der Waals surface area contributed by atoms with Gasteiger partial charge in [-0.2, -0.15) is 0 Å². The molecule has 19 aromatic carbocycles. The van der Waals surface area contributed by atoms with Gasteiger partial charge in [-0.05, 0) is 194 Å². The zero-order valence-electron chi connectivity index (χ0n) is 77.2. The third-order valence-electron chi connectivity index (χ3n) is 26.3. The molecule has 19 aromatic rings. The Balaban J connectivity index is 0.974. The molecule has 606 valence electrons. The molecule has 0 saturated heterocycles. The number of nitrogens with zero attached hydrogens (tertiary/aromatic N) is 2. The summed E-state index contributed by atoms with van der Waals surface area (Å²) >= 11 is 0. The van der Waals surface area contributed by atoms with E-state index in [2.05, 4.69) is 494 Å². The minimum Gasteiger partial charge on any atom is -0.311 e. The quantitative estimate of drug-likeness (QED) is 0.0624. The highest BCUT2D eigenvalue weighted by molar-refractivity contribution is 7.22. The molecule has 2 aliphatic heterocycles. The van der Waals surface area contributed by atoms with Gasteiger partial charge in [0.15, 0.2) is 16.1 Å². The van der Waals surface area contributed by atoms with Crippen LogP contribution in [0.2, 0.25) is 0 Å². The predicted molar refractivity (Wildman–Crippen MR) is 549 cm³/mol. The van der Waals surface area contributed by atoms with Crippen LogP contribution in [0.5, 0.6) is 0 Å². The third-order valence-corrected chi connectivity index (χ3v) is 35.7. The molecule has 2 nitrogen and oxygen atoms in total. The fourth-order valence-electron chi connectivity index (χ4n) is 20.1. The van der Waals surface area contributed by atoms with Crippen LogP contribution in [0.4, 0.5) is 34.1 Å². The summed E-state index contributed by atoms with van der Waals surface area (Å²) in [5, 5.41) is 9.85. The second-order valence-corrected chi connectivity index (χ2v) is 43.5. The minimum absolute atomic E-state index is 0.136. The smallest absolute Gasteiger partial charge is 0.252 e. The standard InChI is InChI=1S/C122H97BN2Si2/c1-121(2,3)100-73-97(74-101(84-100)122(4,5)6)96-68-71-112-117(81-96)124(114-66-38-37-65-110(114)90-49-25-11-26-50-90)118-82-99(83-119-120(118)123(112)113-79-94(88-45-21-9-22-46-88)69-72-115(113)125(119)116-80-95(89-47-23-10-24-48-89)67-70-111(116)91-51-27-12-28-52-91)98-77-108(126(102-55-29-13-30-56-102,103-57-31-14-32-58-103)106-63-39-53-92(75-106)86-41-17-7-18-42-86)85-109(78-98)127(104-59-33-15-34-60-104,105-61-35-16-36-62-105)107-64-40-54-93(76-107)87-43-19-8-20-44-87/h7-85H,1-6H3/i9D,21D,22D,45D,46D. The fourth-order valence-corrected chi connectivity index (χ4v) is 29.9. The summed E-state index contributed by atoms with van der Waals surface area (Å²) in [6, 6.07) is 166. The normalized spacial score (nSPS) is 13.0. The van der Waals surface area contributed by atoms with Crippen molar-refractivity contribution in [1.82, 2.24) is 0 Å². The first kappa shape index (κ1) is 73.8. The van der Waals surface area contributed by atoms with Gasteiger partial charge in [-0.15, -0.1) is 0 Å². The van der Waals surface area contributed by atoms with E-state index in [0.717, 1.165) is 128 Å². The van der Waals surface area contributed by atoms with Crippen molar-refractivity contribution < 1.29 is 6.85 Å². The molecule has 0 radical (unpaired) electrons. The van der Waals surface area contributed by atoms with E-state index in [4.69, 9.17) is 1.37 Å². The van der Waals surface area contributed by atoms with Crippen LogP contribution in [0, 0.1) is 0 Å². The van der Waals surface area contributed by atoms with Crippen molar-refractivity contribution in [2.24, 2.45) is 0 Å². The molecule has 0 aromatic heterocycles. The van der Waals surface area contributed by atoms with Gasteiger partial charge in [0, 0.05) is 33.9 Å². The Morgan fingerprint density at radius 1 is 0.205 bits per heavy atom. The van der Waals surface area contributed by atoms with Gasteiger partial charge < -0.3 is 9.80 Å². The maximum absolute atomic E-state index is 9.83. The van der Waals surface area contributed by atoms with E-state index in [9.17, 15) is 5.48 Å². The number of benzene rings is 19. The highest BCUT2D eigenvalue weighted by Gasteiger charge is 2.49. The summed E-state index contributed by atoms with van der Waals surface area (Å²) in [7, 11) is -7.39. The zero-order chi connectivity index (χ0) is 90.2. The predicted octanol–water partition coefficient (Wildman–Crippen LogP) is 24.5. The van der Waals surface area contributed by atoms with Crippen molar-refractivity contribution in [1.29, 1.82) is 0 Å². The Morgan fingerprint density at radius 2 is 0.535 bits per heavy atom. The molecule has 0 spiro atoms. The van der Waals surface area contributed by atoms with Crippen molar-refractivity contribution in [3.8, 4) is 89.0 Å². The maximum atomic E-state index is 9.83. The highest BCUT2D eigenvalue weighted by Crippen LogP contribution is 2.52. The molecule has 0 fully saturated rings. The molecule has 5 heteroatoms. The van der Waals surface area contributed by atoms with Gasteiger partial charge in [-0.25, -0.2) is 0 Å². The number of hydrogen-bond acceptors (Lipinski definition) is 2. The average molecular weight is 1660 g/mol. The van der Waals surface area contributed by atoms with Crippen LogP contribution in [0.15, 0.2) is 479 Å². The van der Waals surface area contributed by atoms with Crippen LogP contribution in [0.3, 0.4) is 0 Å². The maximum Gasteiger partial charge on any atom is 0.252 e. The van der Waals surface area contributed by atoms with Crippen LogP contribution >= 0.6 is 0 Å². The van der Waals surface area contributed by atoms with Crippen LogP contribution in [-0.4, -0.2) is 22.9 Å². The molecule has 2 heterocycles. The van der Waals surface area contributed by atoms with E-state index >= 15 is 0 Å². The van der Waals surface area contributed by atoms with Gasteiger partial charge in [0.05, 0.1) is 18.2 Å². The average Bonchev–Trinajstić information content (AvgIpc) is 0.686. The van der Waals surface area contributed by atoms with Crippen molar-refractivity contribution in [2.75, 3.05) is 9.80 Å². The molecule has 21 rings (SSSR count). The van der Waals surface area contributed by atoms with Gasteiger partial charge in [-0.3, -0.25) is 0 Å². The minimum atomic E-state index is -3.69. The third kappa shape index (κ3) is 14.4. The largest absolute Gasteiger partial charge is 0.311 e. The first-order valence-corrected chi connectivity index (χ1v) is 48.2. The summed E-state index contributed by atoms with van der Waals surface area (Å²) in [6.07, 6.45) is 0. The summed E-state index contributed by atoms with van der Waals surface area (Å²) in [6.45, 7) is 13.3. The molecule has 0 unspecified atom stereocenters. The van der Waals surface area contributed by atoms with Gasteiger partial charge in [0.25, 0.3) is 6.71 Å². The Morgan fingerprint density at radius 3 is 1.00 bits per heavy atom. The monoisotopic (exact) mass is 1660 g/mol. The number of hydrogen-bond donors (Lipinski definition) is 0. The van der Waals surface area contributed by atoms with Gasteiger partial charge in [-0.1, -0.05) is 484 Å². The molecule has 2 aliphatic rings. The highest BCUT2D eigenvalue weighted by atomic mass is 28.3. The lowest BCUT2D eigenvalue weighted by Crippen LogP contribution is -2.78. The van der Waals surface area contributed by atoms with Gasteiger partial charge in [0.2, 0.25) is 0 Å². The molecular formula is C122H97BN2Si2. The van der Waals surface area contributed by atoms with E-state index in [1.165, 1.54) is 52.6 Å². The number of anilines is 6. The molecule has 0 bridgehead atoms. The van der Waals surface area contributed by atoms with Crippen LogP contribution in [0.25, 0.3) is 89.0 Å². The Bertz CT molecular complexity index is 7250. The SMILES string of the molecule is [2H]c1c([2H])c([2H])c(-c2ccc3c(c2)B2c4ccc(-c5cc(C(C)(C)C)cc(C(C)(C)C)c5)cc4N(c4ccccc4-c4ccccc4)c4cc(-c5cc([Si](c6ccccc6)(c6ccccc6)c6cccc(-c7ccccc7)c6)cc([Si](c6ccccc6)(c6ccccc6)c6cccc(-c7ccccc7)c6)c5)cc(c42)N3c2cc(-c3ccccc3)ccc2-c2ccccc2)c([2H])c1[2H]. The number of fused-ring (bicyclic) bond motifs is 4. The van der Waals surface area contributed by atoms with Crippen LogP contribution in [-0.2, 0) is 10.8 Å². The molecule has 127 heavy (non-hydrogen) atoms. The zero-order valence-corrected chi connectivity index (χ0v) is 74.2. The lowest BCUT2D eigenvalue weighted by atomic mass is 9.33. The summed E-state index contributed by atoms with van der Waals surface area (Å²) in [4.78, 5) is 5.12. The molecule has 0 N–H and O–H groups in total. The second kappa shape index (κ2) is 33.1. The Labute approximate surface area is 757 Å². The second-order valence-electron chi connectivity index (χ2n) is 35.9. The summed E-state index contributed by atoms with van der Waals surface area (Å²) in [5.74, 6) is 0. The fraction of sp³-hybridized carbons (Fsp3) is 0.0656. The number of para-hydroxylation sites is 1. The molecule has 0 amide bonds. The Kier molecular flexibility index (Phi) is 19.2. The summed E-state index contributed by atoms with van der Waals surface area (Å²) < 4.78 is 47.3. The van der Waals surface area contributed by atoms with Crippen LogP contribution in [0.1, 0.15) is 59.5 Å². The number of rotatable bonds is 18. The summed E-state index contributed by atoms with van der Waals surface area (Å²) in [5.41, 5.74) is 26.3. The van der Waals surface area contributed by atoms with Crippen molar-refractivity contribution in [3.63, 3.8) is 0 Å². The van der Waals surface area contributed by atoms with Crippen LogP contribution < -0.4 is 67.7 Å². The van der Waals surface area contributed by atoms with E-state index in [-0.39, 0.29) is 28.5 Å². The van der Waals surface area contributed by atoms with E-state index in [0.29, 0.717) is 5.56 Å². The van der Waals surface area contributed by atoms with E-state index < -0.39 is 41.0 Å². The Hall–Kier alpha value is -14.7. The van der Waals surface area contributed by atoms with E-state index in [1.807, 2.05) is 6.07 Å². The first-order valence-electron chi connectivity index (χ1n) is 46.7. The topological polar surface area (TPSA) is 6.48 Å². The van der Waals surface area contributed by atoms with Crippen molar-refractivity contribution >= 4 is 115 Å². The van der Waals surface area contributed by atoms with Crippen molar-refractivity contribution in [2.45, 2.75) is 52.4 Å². The molecule has 0 saturated carbocycles. The van der Waals surface area contributed by atoms with Gasteiger partial charge in [0.1, 0.15) is 0 Å². The molecule has 0 aliphatic carbocycles. The lowest BCUT2D eigenvalue weighted by Gasteiger charge is -2.45.